The van der Waals surface area contributed by atoms with Gasteiger partial charge >= 0.3 is 0 Å². The van der Waals surface area contributed by atoms with Crippen LogP contribution >= 0.6 is 0 Å². The van der Waals surface area contributed by atoms with Crippen LogP contribution in [0.15, 0.2) is 0 Å². The zero-order valence-electron chi connectivity index (χ0n) is 10.6. The van der Waals surface area contributed by atoms with Crippen molar-refractivity contribution in [1.82, 2.24) is 10.2 Å². The summed E-state index contributed by atoms with van der Waals surface area (Å²) in [5, 5.41) is 2.55. The second-order valence-electron chi connectivity index (χ2n) is 4.30. The lowest BCUT2D eigenvalue weighted by Gasteiger charge is -2.18. The first-order chi connectivity index (χ1) is 7.40. The van der Waals surface area contributed by atoms with Gasteiger partial charge in [-0.3, -0.25) is 9.59 Å². The van der Waals surface area contributed by atoms with Crippen LogP contribution in [0.25, 0.3) is 0 Å². The van der Waals surface area contributed by atoms with E-state index in [-0.39, 0.29) is 24.3 Å². The highest BCUT2D eigenvalue weighted by Gasteiger charge is 2.18. The number of amides is 2. The van der Waals surface area contributed by atoms with Crippen LogP contribution in [0.3, 0.4) is 0 Å². The van der Waals surface area contributed by atoms with E-state index in [1.165, 1.54) is 0 Å². The average Bonchev–Trinajstić information content (AvgIpc) is 2.24. The third-order valence-electron chi connectivity index (χ3n) is 2.42. The number of carbonyl (C=O) groups is 2. The van der Waals surface area contributed by atoms with Gasteiger partial charge in [-0.2, -0.15) is 0 Å². The van der Waals surface area contributed by atoms with Crippen molar-refractivity contribution >= 4 is 11.8 Å². The van der Waals surface area contributed by atoms with E-state index in [1.807, 2.05) is 20.8 Å². The molecule has 0 aromatic heterocycles. The number of hydrogen-bond donors (Lipinski definition) is 2. The Morgan fingerprint density at radius 3 is 2.38 bits per heavy atom. The maximum atomic E-state index is 11.5. The Morgan fingerprint density at radius 1 is 1.38 bits per heavy atom. The summed E-state index contributed by atoms with van der Waals surface area (Å²) >= 11 is 0. The van der Waals surface area contributed by atoms with Gasteiger partial charge in [-0.15, -0.1) is 0 Å². The van der Waals surface area contributed by atoms with Gasteiger partial charge in [-0.25, -0.2) is 0 Å². The molecule has 0 unspecified atom stereocenters. The molecular weight excluding hydrogens is 206 g/mol. The van der Waals surface area contributed by atoms with Crippen LogP contribution in [-0.2, 0) is 9.59 Å². The average molecular weight is 229 g/mol. The van der Waals surface area contributed by atoms with Crippen molar-refractivity contribution in [2.24, 2.45) is 11.7 Å². The molecule has 5 nitrogen and oxygen atoms in total. The normalized spacial score (nSPS) is 12.4. The van der Waals surface area contributed by atoms with Crippen LogP contribution in [0.5, 0.6) is 0 Å². The molecule has 0 aromatic carbocycles. The van der Waals surface area contributed by atoms with Crippen molar-refractivity contribution < 1.29 is 9.59 Å². The molecular formula is C11H23N3O2. The van der Waals surface area contributed by atoms with Crippen molar-refractivity contribution in [3.05, 3.63) is 0 Å². The Kier molecular flexibility index (Phi) is 6.72. The Bertz CT molecular complexity index is 241. The lowest BCUT2D eigenvalue weighted by Crippen LogP contribution is -2.47. The predicted molar refractivity (Wildman–Crippen MR) is 63.8 cm³/mol. The molecule has 3 N–H and O–H groups in total. The Morgan fingerprint density at radius 2 is 1.94 bits per heavy atom. The molecule has 0 saturated heterocycles. The largest absolute Gasteiger partial charge is 0.346 e. The zero-order chi connectivity index (χ0) is 12.7. The fourth-order valence-corrected chi connectivity index (χ4v) is 1.18. The first kappa shape index (κ1) is 14.9. The van der Waals surface area contributed by atoms with Crippen LogP contribution in [0.2, 0.25) is 0 Å². The van der Waals surface area contributed by atoms with Gasteiger partial charge in [-0.1, -0.05) is 20.8 Å². The van der Waals surface area contributed by atoms with E-state index in [2.05, 4.69) is 5.32 Å². The molecule has 0 radical (unpaired) electrons. The maximum Gasteiger partial charge on any atom is 0.241 e. The molecule has 5 heteroatoms. The molecule has 16 heavy (non-hydrogen) atoms. The summed E-state index contributed by atoms with van der Waals surface area (Å²) in [5.41, 5.74) is 5.64. The van der Waals surface area contributed by atoms with Crippen molar-refractivity contribution in [2.75, 3.05) is 20.1 Å². The molecule has 0 rings (SSSR count). The van der Waals surface area contributed by atoms with Gasteiger partial charge < -0.3 is 16.0 Å². The number of nitrogens with zero attached hydrogens (tertiary/aromatic N) is 1. The van der Waals surface area contributed by atoms with E-state index < -0.39 is 6.04 Å². The van der Waals surface area contributed by atoms with Gasteiger partial charge in [0.15, 0.2) is 0 Å². The van der Waals surface area contributed by atoms with Crippen LogP contribution in [-0.4, -0.2) is 42.9 Å². The summed E-state index contributed by atoms with van der Waals surface area (Å²) in [5.74, 6) is -0.289. The van der Waals surface area contributed by atoms with E-state index >= 15 is 0 Å². The third-order valence-corrected chi connectivity index (χ3v) is 2.42. The second kappa shape index (κ2) is 7.22. The van der Waals surface area contributed by atoms with E-state index in [9.17, 15) is 9.59 Å². The highest BCUT2D eigenvalue weighted by atomic mass is 16.2. The van der Waals surface area contributed by atoms with Crippen molar-refractivity contribution in [1.29, 1.82) is 0 Å². The molecule has 2 amide bonds. The molecule has 0 aromatic rings. The Hall–Kier alpha value is -1.10. The summed E-state index contributed by atoms with van der Waals surface area (Å²) in [7, 11) is 1.72. The minimum absolute atomic E-state index is 0.0236. The first-order valence-electron chi connectivity index (χ1n) is 5.67. The number of carbonyl (C=O) groups excluding carboxylic acids is 2. The van der Waals surface area contributed by atoms with Gasteiger partial charge in [-0.05, 0) is 12.3 Å². The summed E-state index contributed by atoms with van der Waals surface area (Å²) in [6.07, 6.45) is 0.904. The van der Waals surface area contributed by atoms with Crippen LogP contribution in [0.1, 0.15) is 27.2 Å². The monoisotopic (exact) mass is 229 g/mol. The van der Waals surface area contributed by atoms with E-state index in [0.717, 1.165) is 6.42 Å². The van der Waals surface area contributed by atoms with Crippen molar-refractivity contribution in [2.45, 2.75) is 33.2 Å². The van der Waals surface area contributed by atoms with Gasteiger partial charge in [0, 0.05) is 13.6 Å². The van der Waals surface area contributed by atoms with Gasteiger partial charge in [0.25, 0.3) is 0 Å². The van der Waals surface area contributed by atoms with Crippen LogP contribution in [0, 0.1) is 5.92 Å². The quantitative estimate of drug-likeness (QED) is 0.671. The number of nitrogens with two attached hydrogens (primary N) is 1. The number of nitrogens with one attached hydrogen (secondary N) is 1. The van der Waals surface area contributed by atoms with Crippen molar-refractivity contribution in [3.8, 4) is 0 Å². The lowest BCUT2D eigenvalue weighted by atomic mass is 10.1. The molecule has 0 aliphatic carbocycles. The van der Waals surface area contributed by atoms with Gasteiger partial charge in [0.1, 0.15) is 0 Å². The third kappa shape index (κ3) is 5.11. The lowest BCUT2D eigenvalue weighted by molar-refractivity contribution is -0.132. The first-order valence-corrected chi connectivity index (χ1v) is 5.67. The molecule has 0 aliphatic heterocycles. The molecule has 0 fully saturated rings. The van der Waals surface area contributed by atoms with Crippen molar-refractivity contribution in [3.63, 3.8) is 0 Å². The number of hydrogen-bond acceptors (Lipinski definition) is 3. The highest BCUT2D eigenvalue weighted by molar-refractivity contribution is 5.87. The summed E-state index contributed by atoms with van der Waals surface area (Å²) in [6.45, 7) is 6.46. The molecule has 0 saturated carbocycles. The number of rotatable bonds is 6. The Labute approximate surface area is 97.4 Å². The maximum absolute atomic E-state index is 11.5. The number of likely N-dealkylation sites (N-methyl/N-ethyl adjacent to an activating group) is 1. The minimum Gasteiger partial charge on any atom is -0.346 e. The molecule has 94 valence electrons. The van der Waals surface area contributed by atoms with E-state index in [4.69, 9.17) is 5.73 Å². The fraction of sp³-hybridized carbons (Fsp3) is 0.818. The Balaban J connectivity index is 3.96. The summed E-state index contributed by atoms with van der Waals surface area (Å²) in [6, 6.07) is -0.552. The molecule has 0 aliphatic rings. The summed E-state index contributed by atoms with van der Waals surface area (Å²) < 4.78 is 0. The van der Waals surface area contributed by atoms with Crippen LogP contribution < -0.4 is 11.1 Å². The van der Waals surface area contributed by atoms with E-state index in [1.54, 1.807) is 11.9 Å². The van der Waals surface area contributed by atoms with Gasteiger partial charge in [0.2, 0.25) is 11.8 Å². The minimum atomic E-state index is -0.552. The predicted octanol–water partition coefficient (Wildman–Crippen LogP) is -0.0457. The smallest absolute Gasteiger partial charge is 0.241 e. The zero-order valence-corrected chi connectivity index (χ0v) is 10.6. The van der Waals surface area contributed by atoms with Gasteiger partial charge in [0.05, 0.1) is 12.6 Å². The topological polar surface area (TPSA) is 75.4 Å². The SMILES string of the molecule is CCCN(C)C(=O)CNC(=O)[C@@H](N)C(C)C. The molecule has 0 heterocycles. The summed E-state index contributed by atoms with van der Waals surface area (Å²) in [4.78, 5) is 24.6. The standard InChI is InChI=1S/C11H23N3O2/c1-5-6-14(4)9(15)7-13-11(16)10(12)8(2)3/h8,10H,5-7,12H2,1-4H3,(H,13,16)/t10-/m0/s1. The van der Waals surface area contributed by atoms with E-state index in [0.29, 0.717) is 6.54 Å². The second-order valence-corrected chi connectivity index (χ2v) is 4.30. The fourth-order valence-electron chi connectivity index (χ4n) is 1.18. The molecule has 0 spiro atoms. The molecule has 0 bridgehead atoms. The molecule has 1 atom stereocenters. The van der Waals surface area contributed by atoms with Crippen LogP contribution in [0.4, 0.5) is 0 Å². The highest BCUT2D eigenvalue weighted by Crippen LogP contribution is 1.97.